The van der Waals surface area contributed by atoms with Gasteiger partial charge in [-0.2, -0.15) is 0 Å². The topological polar surface area (TPSA) is 55.5 Å². The molecule has 1 atom stereocenters. The Morgan fingerprint density at radius 2 is 2.31 bits per heavy atom. The maximum absolute atomic E-state index is 9.42. The van der Waals surface area contributed by atoms with Gasteiger partial charge in [-0.15, -0.1) is 0 Å². The van der Waals surface area contributed by atoms with Gasteiger partial charge in [-0.3, -0.25) is 0 Å². The van der Waals surface area contributed by atoms with Crippen LogP contribution in [0.2, 0.25) is 5.02 Å². The summed E-state index contributed by atoms with van der Waals surface area (Å²) >= 11 is 5.81. The minimum absolute atomic E-state index is 0.185. The van der Waals surface area contributed by atoms with Gasteiger partial charge in [0, 0.05) is 6.54 Å². The molecule has 13 heavy (non-hydrogen) atoms. The van der Waals surface area contributed by atoms with Gasteiger partial charge in [-0.1, -0.05) is 17.7 Å². The highest BCUT2D eigenvalue weighted by Crippen LogP contribution is 2.27. The predicted octanol–water partition coefficient (Wildman–Crippen LogP) is 1.34. The lowest BCUT2D eigenvalue weighted by Crippen LogP contribution is -2.11. The third-order valence-electron chi connectivity index (χ3n) is 1.78. The molecule has 0 bridgehead atoms. The number of halogens is 1. The Bertz CT molecular complexity index is 291. The van der Waals surface area contributed by atoms with E-state index in [4.69, 9.17) is 22.1 Å². The van der Waals surface area contributed by atoms with E-state index in [1.165, 1.54) is 7.11 Å². The number of ether oxygens (including phenoxy) is 1. The van der Waals surface area contributed by atoms with Crippen LogP contribution < -0.4 is 10.5 Å². The van der Waals surface area contributed by atoms with Gasteiger partial charge in [0.25, 0.3) is 0 Å². The lowest BCUT2D eigenvalue weighted by Gasteiger charge is -2.10. The third kappa shape index (κ3) is 2.34. The molecule has 0 unspecified atom stereocenters. The van der Waals surface area contributed by atoms with Crippen molar-refractivity contribution in [1.29, 1.82) is 0 Å². The first-order valence-electron chi connectivity index (χ1n) is 3.90. The summed E-state index contributed by atoms with van der Waals surface area (Å²) in [6.07, 6.45) is -0.661. The summed E-state index contributed by atoms with van der Waals surface area (Å²) in [7, 11) is 1.53. The van der Waals surface area contributed by atoms with Crippen LogP contribution >= 0.6 is 11.6 Å². The van der Waals surface area contributed by atoms with Crippen LogP contribution in [0.5, 0.6) is 5.75 Å². The van der Waals surface area contributed by atoms with Gasteiger partial charge in [0.15, 0.2) is 0 Å². The maximum Gasteiger partial charge on any atom is 0.137 e. The van der Waals surface area contributed by atoms with E-state index in [1.807, 2.05) is 0 Å². The van der Waals surface area contributed by atoms with Crippen LogP contribution in [0.3, 0.4) is 0 Å². The Morgan fingerprint density at radius 3 is 2.85 bits per heavy atom. The Labute approximate surface area is 82.1 Å². The first kappa shape index (κ1) is 10.3. The van der Waals surface area contributed by atoms with Crippen molar-refractivity contribution >= 4 is 11.6 Å². The molecular formula is C9H12ClNO2. The highest BCUT2D eigenvalue weighted by atomic mass is 35.5. The molecule has 0 saturated heterocycles. The molecule has 4 heteroatoms. The smallest absolute Gasteiger partial charge is 0.137 e. The standard InChI is InChI=1S/C9H12ClNO2/c1-13-9-4-6(8(12)5-11)2-3-7(9)10/h2-4,8,12H,5,11H2,1H3/t8-/m1/s1. The lowest BCUT2D eigenvalue weighted by atomic mass is 10.1. The lowest BCUT2D eigenvalue weighted by molar-refractivity contribution is 0.186. The SMILES string of the molecule is COc1cc([C@H](O)CN)ccc1Cl. The number of benzene rings is 1. The molecule has 0 aromatic heterocycles. The van der Waals surface area contributed by atoms with Crippen LogP contribution in [0, 0.1) is 0 Å². The summed E-state index contributed by atoms with van der Waals surface area (Å²) < 4.78 is 5.00. The minimum Gasteiger partial charge on any atom is -0.495 e. The van der Waals surface area contributed by atoms with Crippen LogP contribution in [-0.2, 0) is 0 Å². The maximum atomic E-state index is 9.42. The van der Waals surface area contributed by atoms with Crippen molar-refractivity contribution in [3.63, 3.8) is 0 Å². The number of aliphatic hydroxyl groups is 1. The molecule has 1 rings (SSSR count). The normalized spacial score (nSPS) is 12.6. The van der Waals surface area contributed by atoms with Crippen molar-refractivity contribution in [2.75, 3.05) is 13.7 Å². The zero-order valence-corrected chi connectivity index (χ0v) is 8.08. The van der Waals surface area contributed by atoms with Crippen molar-refractivity contribution in [2.45, 2.75) is 6.10 Å². The van der Waals surface area contributed by atoms with E-state index in [9.17, 15) is 5.11 Å². The molecule has 3 N–H and O–H groups in total. The average Bonchev–Trinajstić information content (AvgIpc) is 2.17. The van der Waals surface area contributed by atoms with E-state index in [0.29, 0.717) is 16.3 Å². The fourth-order valence-electron chi connectivity index (χ4n) is 1.02. The first-order valence-corrected chi connectivity index (χ1v) is 4.28. The van der Waals surface area contributed by atoms with E-state index < -0.39 is 6.10 Å². The first-order chi connectivity index (χ1) is 6.19. The Morgan fingerprint density at radius 1 is 1.62 bits per heavy atom. The largest absolute Gasteiger partial charge is 0.495 e. The second-order valence-electron chi connectivity index (χ2n) is 2.65. The molecule has 0 saturated carbocycles. The van der Waals surface area contributed by atoms with E-state index in [1.54, 1.807) is 18.2 Å². The van der Waals surface area contributed by atoms with Gasteiger partial charge in [-0.05, 0) is 17.7 Å². The van der Waals surface area contributed by atoms with Crippen molar-refractivity contribution in [2.24, 2.45) is 5.73 Å². The van der Waals surface area contributed by atoms with Crippen LogP contribution in [0.4, 0.5) is 0 Å². The molecule has 3 nitrogen and oxygen atoms in total. The number of hydrogen-bond donors (Lipinski definition) is 2. The fraction of sp³-hybridized carbons (Fsp3) is 0.333. The number of methoxy groups -OCH3 is 1. The molecule has 0 aliphatic carbocycles. The van der Waals surface area contributed by atoms with Crippen LogP contribution in [-0.4, -0.2) is 18.8 Å². The molecule has 0 heterocycles. The summed E-state index contributed by atoms with van der Waals surface area (Å²) in [6, 6.07) is 5.08. The van der Waals surface area contributed by atoms with Crippen LogP contribution in [0.15, 0.2) is 18.2 Å². The van der Waals surface area contributed by atoms with Gasteiger partial charge in [0.05, 0.1) is 18.2 Å². The Kier molecular flexibility index (Phi) is 3.54. The second kappa shape index (κ2) is 4.46. The van der Waals surface area contributed by atoms with Gasteiger partial charge in [-0.25, -0.2) is 0 Å². The molecule has 0 fully saturated rings. The van der Waals surface area contributed by atoms with Gasteiger partial charge >= 0.3 is 0 Å². The summed E-state index contributed by atoms with van der Waals surface area (Å²) in [5.74, 6) is 0.548. The van der Waals surface area contributed by atoms with Gasteiger partial charge < -0.3 is 15.6 Å². The average molecular weight is 202 g/mol. The third-order valence-corrected chi connectivity index (χ3v) is 2.10. The molecule has 0 aliphatic heterocycles. The zero-order chi connectivity index (χ0) is 9.84. The molecule has 0 aliphatic rings. The molecule has 1 aromatic carbocycles. The zero-order valence-electron chi connectivity index (χ0n) is 7.33. The highest BCUT2D eigenvalue weighted by molar-refractivity contribution is 6.32. The van der Waals surface area contributed by atoms with Crippen molar-refractivity contribution in [3.8, 4) is 5.75 Å². The fourth-order valence-corrected chi connectivity index (χ4v) is 1.21. The monoisotopic (exact) mass is 201 g/mol. The van der Waals surface area contributed by atoms with Gasteiger partial charge in [0.1, 0.15) is 5.75 Å². The summed E-state index contributed by atoms with van der Waals surface area (Å²) in [5, 5.41) is 9.94. The number of aliphatic hydroxyl groups excluding tert-OH is 1. The molecule has 1 aromatic rings. The predicted molar refractivity (Wildman–Crippen MR) is 52.0 cm³/mol. The van der Waals surface area contributed by atoms with Crippen LogP contribution in [0.25, 0.3) is 0 Å². The van der Waals surface area contributed by atoms with Crippen molar-refractivity contribution < 1.29 is 9.84 Å². The summed E-state index contributed by atoms with van der Waals surface area (Å²) in [6.45, 7) is 0.185. The molecule has 0 radical (unpaired) electrons. The number of nitrogens with two attached hydrogens (primary N) is 1. The van der Waals surface area contributed by atoms with Crippen LogP contribution in [0.1, 0.15) is 11.7 Å². The number of rotatable bonds is 3. The molecular weight excluding hydrogens is 190 g/mol. The van der Waals surface area contributed by atoms with E-state index in [0.717, 1.165) is 0 Å². The Hall–Kier alpha value is -0.770. The highest BCUT2D eigenvalue weighted by Gasteiger charge is 2.08. The summed E-state index contributed by atoms with van der Waals surface area (Å²) in [5.41, 5.74) is 6.02. The Balaban J connectivity index is 2.99. The van der Waals surface area contributed by atoms with Gasteiger partial charge in [0.2, 0.25) is 0 Å². The minimum atomic E-state index is -0.661. The quantitative estimate of drug-likeness (QED) is 0.776. The molecule has 72 valence electrons. The molecule has 0 spiro atoms. The summed E-state index contributed by atoms with van der Waals surface area (Å²) in [4.78, 5) is 0. The number of hydrogen-bond acceptors (Lipinski definition) is 3. The second-order valence-corrected chi connectivity index (χ2v) is 3.05. The van der Waals surface area contributed by atoms with E-state index in [2.05, 4.69) is 0 Å². The van der Waals surface area contributed by atoms with Crippen molar-refractivity contribution in [3.05, 3.63) is 28.8 Å². The van der Waals surface area contributed by atoms with E-state index >= 15 is 0 Å². The van der Waals surface area contributed by atoms with Crippen molar-refractivity contribution in [1.82, 2.24) is 0 Å². The molecule has 0 amide bonds. The van der Waals surface area contributed by atoms with E-state index in [-0.39, 0.29) is 6.54 Å².